The third-order valence-corrected chi connectivity index (χ3v) is 5.21. The zero-order chi connectivity index (χ0) is 23.5. The number of benzene rings is 3. The van der Waals surface area contributed by atoms with E-state index in [4.69, 9.17) is 21.4 Å². The van der Waals surface area contributed by atoms with Gasteiger partial charge in [0.05, 0.1) is 27.2 Å². The van der Waals surface area contributed by atoms with Crippen LogP contribution in [0.1, 0.15) is 27.6 Å². The standard InChI is InChI=1S/C24H18ClN3O5/c1-13(22(29)26-16-8-9-18(25)17(12-16)23(30)31)33-24(32)15-7-10-19-20(11-15)28-21(27-19)14-5-3-2-4-6-14/h2-13H,1H3,(H,26,29)(H,27,28)(H,30,31). The van der Waals surface area contributed by atoms with Crippen molar-refractivity contribution in [2.24, 2.45) is 0 Å². The Hall–Kier alpha value is -4.17. The van der Waals surface area contributed by atoms with Crippen LogP contribution in [0, 0.1) is 0 Å². The fourth-order valence-electron chi connectivity index (χ4n) is 3.16. The van der Waals surface area contributed by atoms with Gasteiger partial charge in [0.25, 0.3) is 5.91 Å². The number of aromatic amines is 1. The molecule has 0 spiro atoms. The van der Waals surface area contributed by atoms with Crippen molar-refractivity contribution in [1.82, 2.24) is 9.97 Å². The van der Waals surface area contributed by atoms with Crippen LogP contribution < -0.4 is 5.32 Å². The van der Waals surface area contributed by atoms with E-state index < -0.39 is 23.9 Å². The number of halogens is 1. The number of carboxylic acid groups (broad SMARTS) is 1. The summed E-state index contributed by atoms with van der Waals surface area (Å²) in [6, 6.07) is 18.5. The number of carbonyl (C=O) groups excluding carboxylic acids is 2. The molecule has 0 radical (unpaired) electrons. The van der Waals surface area contributed by atoms with Crippen LogP contribution in [0.25, 0.3) is 22.4 Å². The largest absolute Gasteiger partial charge is 0.478 e. The molecule has 0 fully saturated rings. The molecule has 1 heterocycles. The Morgan fingerprint density at radius 2 is 1.82 bits per heavy atom. The number of fused-ring (bicyclic) bond motifs is 1. The number of carboxylic acids is 1. The van der Waals surface area contributed by atoms with Crippen molar-refractivity contribution in [2.45, 2.75) is 13.0 Å². The van der Waals surface area contributed by atoms with Crippen molar-refractivity contribution >= 4 is 46.2 Å². The monoisotopic (exact) mass is 463 g/mol. The van der Waals surface area contributed by atoms with Crippen molar-refractivity contribution in [3.63, 3.8) is 0 Å². The lowest BCUT2D eigenvalue weighted by atomic mass is 10.2. The minimum atomic E-state index is -1.22. The fourth-order valence-corrected chi connectivity index (χ4v) is 3.36. The van der Waals surface area contributed by atoms with Crippen LogP contribution >= 0.6 is 11.6 Å². The maximum Gasteiger partial charge on any atom is 0.338 e. The van der Waals surface area contributed by atoms with E-state index in [1.165, 1.54) is 25.1 Å². The van der Waals surface area contributed by atoms with E-state index in [0.29, 0.717) is 16.9 Å². The number of H-pyrrole nitrogens is 1. The highest BCUT2D eigenvalue weighted by molar-refractivity contribution is 6.33. The summed E-state index contributed by atoms with van der Waals surface area (Å²) in [5.74, 6) is -1.85. The van der Waals surface area contributed by atoms with E-state index >= 15 is 0 Å². The number of aromatic nitrogens is 2. The zero-order valence-corrected chi connectivity index (χ0v) is 18.1. The van der Waals surface area contributed by atoms with Crippen molar-refractivity contribution in [2.75, 3.05) is 5.32 Å². The Kier molecular flexibility index (Phi) is 6.10. The molecule has 4 rings (SSSR count). The van der Waals surface area contributed by atoms with Crippen molar-refractivity contribution in [3.8, 4) is 11.4 Å². The van der Waals surface area contributed by atoms with Crippen LogP contribution in [-0.2, 0) is 9.53 Å². The summed E-state index contributed by atoms with van der Waals surface area (Å²) in [6.45, 7) is 1.42. The summed E-state index contributed by atoms with van der Waals surface area (Å²) in [7, 11) is 0. The van der Waals surface area contributed by atoms with Gasteiger partial charge in [-0.3, -0.25) is 4.79 Å². The fraction of sp³-hybridized carbons (Fsp3) is 0.0833. The van der Waals surface area contributed by atoms with Gasteiger partial charge in [0.1, 0.15) is 5.82 Å². The number of carbonyl (C=O) groups is 3. The molecular formula is C24H18ClN3O5. The third kappa shape index (κ3) is 4.86. The van der Waals surface area contributed by atoms with E-state index in [1.54, 1.807) is 18.2 Å². The molecule has 1 atom stereocenters. The quantitative estimate of drug-likeness (QED) is 0.354. The number of ether oxygens (including phenoxy) is 1. The molecule has 8 nitrogen and oxygen atoms in total. The van der Waals surface area contributed by atoms with Gasteiger partial charge in [0.15, 0.2) is 6.10 Å². The molecule has 1 aromatic heterocycles. The van der Waals surface area contributed by atoms with Crippen LogP contribution in [0.2, 0.25) is 5.02 Å². The molecule has 0 saturated carbocycles. The molecule has 0 bridgehead atoms. The van der Waals surface area contributed by atoms with Gasteiger partial charge in [-0.1, -0.05) is 41.9 Å². The van der Waals surface area contributed by atoms with Crippen molar-refractivity contribution < 1.29 is 24.2 Å². The second kappa shape index (κ2) is 9.13. The second-order valence-electron chi connectivity index (χ2n) is 7.22. The minimum Gasteiger partial charge on any atom is -0.478 e. The lowest BCUT2D eigenvalue weighted by Crippen LogP contribution is -2.30. The number of aromatic carboxylic acids is 1. The summed E-state index contributed by atoms with van der Waals surface area (Å²) in [4.78, 5) is 43.9. The van der Waals surface area contributed by atoms with Gasteiger partial charge in [0.2, 0.25) is 0 Å². The molecular weight excluding hydrogens is 446 g/mol. The summed E-state index contributed by atoms with van der Waals surface area (Å²) in [5.41, 5.74) is 2.58. The number of rotatable bonds is 6. The second-order valence-corrected chi connectivity index (χ2v) is 7.63. The number of hydrogen-bond acceptors (Lipinski definition) is 5. The number of anilines is 1. The topological polar surface area (TPSA) is 121 Å². The highest BCUT2D eigenvalue weighted by Crippen LogP contribution is 2.23. The maximum atomic E-state index is 12.6. The molecule has 3 N–H and O–H groups in total. The molecule has 0 saturated heterocycles. The Morgan fingerprint density at radius 3 is 2.55 bits per heavy atom. The average Bonchev–Trinajstić information content (AvgIpc) is 3.24. The van der Waals surface area contributed by atoms with Crippen LogP contribution in [0.3, 0.4) is 0 Å². The van der Waals surface area contributed by atoms with Crippen LogP contribution in [0.15, 0.2) is 66.7 Å². The van der Waals surface area contributed by atoms with E-state index in [-0.39, 0.29) is 21.8 Å². The van der Waals surface area contributed by atoms with Crippen molar-refractivity contribution in [1.29, 1.82) is 0 Å². The first-order valence-corrected chi connectivity index (χ1v) is 10.3. The maximum absolute atomic E-state index is 12.6. The average molecular weight is 464 g/mol. The number of nitrogens with one attached hydrogen (secondary N) is 2. The molecule has 166 valence electrons. The van der Waals surface area contributed by atoms with Crippen LogP contribution in [0.4, 0.5) is 5.69 Å². The van der Waals surface area contributed by atoms with E-state index in [9.17, 15) is 14.4 Å². The van der Waals surface area contributed by atoms with E-state index in [1.807, 2.05) is 30.3 Å². The summed E-state index contributed by atoms with van der Waals surface area (Å²) in [5, 5.41) is 11.7. The number of esters is 1. The van der Waals surface area contributed by atoms with Gasteiger partial charge >= 0.3 is 11.9 Å². The molecule has 0 aliphatic rings. The molecule has 9 heteroatoms. The third-order valence-electron chi connectivity index (χ3n) is 4.88. The zero-order valence-electron chi connectivity index (χ0n) is 17.3. The Balaban J connectivity index is 1.45. The van der Waals surface area contributed by atoms with Gasteiger partial charge in [-0.2, -0.15) is 0 Å². The van der Waals surface area contributed by atoms with Gasteiger partial charge in [0, 0.05) is 11.3 Å². The lowest BCUT2D eigenvalue weighted by molar-refractivity contribution is -0.123. The molecule has 3 aromatic carbocycles. The van der Waals surface area contributed by atoms with Crippen molar-refractivity contribution in [3.05, 3.63) is 82.9 Å². The molecule has 4 aromatic rings. The number of nitrogens with zero attached hydrogens (tertiary/aromatic N) is 1. The minimum absolute atomic E-state index is 0.0459. The predicted molar refractivity (Wildman–Crippen MR) is 123 cm³/mol. The first-order chi connectivity index (χ1) is 15.8. The highest BCUT2D eigenvalue weighted by Gasteiger charge is 2.20. The highest BCUT2D eigenvalue weighted by atomic mass is 35.5. The van der Waals surface area contributed by atoms with E-state index in [2.05, 4.69) is 15.3 Å². The normalized spacial score (nSPS) is 11.7. The first kappa shape index (κ1) is 22.0. The Labute approximate surface area is 193 Å². The molecule has 1 amide bonds. The van der Waals surface area contributed by atoms with Gasteiger partial charge < -0.3 is 20.1 Å². The molecule has 0 aliphatic carbocycles. The Bertz CT molecular complexity index is 1370. The van der Waals surface area contributed by atoms with Crippen LogP contribution in [0.5, 0.6) is 0 Å². The number of imidazole rings is 1. The van der Waals surface area contributed by atoms with Gasteiger partial charge in [-0.15, -0.1) is 0 Å². The Morgan fingerprint density at radius 1 is 1.06 bits per heavy atom. The van der Waals surface area contributed by atoms with Crippen LogP contribution in [-0.4, -0.2) is 39.0 Å². The molecule has 1 unspecified atom stereocenters. The first-order valence-electron chi connectivity index (χ1n) is 9.91. The number of amides is 1. The van der Waals surface area contributed by atoms with Gasteiger partial charge in [-0.05, 0) is 43.3 Å². The SMILES string of the molecule is CC(OC(=O)c1ccc2nc(-c3ccccc3)[nH]c2c1)C(=O)Nc1ccc(Cl)c(C(=O)O)c1. The smallest absolute Gasteiger partial charge is 0.338 e. The van der Waals surface area contributed by atoms with E-state index in [0.717, 1.165) is 5.56 Å². The lowest BCUT2D eigenvalue weighted by Gasteiger charge is -2.14. The van der Waals surface area contributed by atoms with Gasteiger partial charge in [-0.25, -0.2) is 14.6 Å². The summed E-state index contributed by atoms with van der Waals surface area (Å²) < 4.78 is 5.28. The summed E-state index contributed by atoms with van der Waals surface area (Å²) in [6.07, 6.45) is -1.13. The summed E-state index contributed by atoms with van der Waals surface area (Å²) >= 11 is 5.83. The molecule has 0 aliphatic heterocycles. The predicted octanol–water partition coefficient (Wildman–Crippen LogP) is 4.77. The number of hydrogen-bond donors (Lipinski definition) is 3. The molecule has 33 heavy (non-hydrogen) atoms.